The Morgan fingerprint density at radius 3 is 2.37 bits per heavy atom. The number of aromatic hydroxyl groups is 1. The van der Waals surface area contributed by atoms with Crippen molar-refractivity contribution in [3.8, 4) is 5.75 Å². The van der Waals surface area contributed by atoms with Crippen LogP contribution < -0.4 is 0 Å². The third-order valence-corrected chi connectivity index (χ3v) is 3.28. The van der Waals surface area contributed by atoms with Gasteiger partial charge in [-0.1, -0.05) is 18.2 Å². The minimum Gasteiger partial charge on any atom is -0.508 e. The van der Waals surface area contributed by atoms with Crippen LogP contribution in [0.1, 0.15) is 45.7 Å². The van der Waals surface area contributed by atoms with Crippen LogP contribution in [0.2, 0.25) is 0 Å². The molecule has 1 unspecified atom stereocenters. The number of hydrogen-bond acceptors (Lipinski definition) is 3. The SMILES string of the molecule is CC(c1ccccc1O)N(CCC(=O)O)C(C)(C)C. The summed E-state index contributed by atoms with van der Waals surface area (Å²) in [6.45, 7) is 8.58. The van der Waals surface area contributed by atoms with Crippen LogP contribution >= 0.6 is 0 Å². The Morgan fingerprint density at radius 2 is 1.89 bits per heavy atom. The summed E-state index contributed by atoms with van der Waals surface area (Å²) in [5, 5.41) is 18.8. The van der Waals surface area contributed by atoms with Gasteiger partial charge in [-0.25, -0.2) is 0 Å². The molecule has 0 heterocycles. The van der Waals surface area contributed by atoms with Gasteiger partial charge in [0.2, 0.25) is 0 Å². The zero-order valence-electron chi connectivity index (χ0n) is 12.1. The molecule has 0 fully saturated rings. The molecule has 0 radical (unpaired) electrons. The van der Waals surface area contributed by atoms with Crippen molar-refractivity contribution in [2.24, 2.45) is 0 Å². The Balaban J connectivity index is 2.98. The summed E-state index contributed by atoms with van der Waals surface area (Å²) in [5.74, 6) is -0.557. The van der Waals surface area contributed by atoms with E-state index < -0.39 is 5.97 Å². The van der Waals surface area contributed by atoms with Crippen molar-refractivity contribution in [2.45, 2.75) is 45.7 Å². The average Bonchev–Trinajstić information content (AvgIpc) is 2.27. The molecule has 1 aromatic carbocycles. The fourth-order valence-electron chi connectivity index (χ4n) is 2.33. The van der Waals surface area contributed by atoms with Gasteiger partial charge < -0.3 is 10.2 Å². The van der Waals surface area contributed by atoms with Crippen molar-refractivity contribution in [1.82, 2.24) is 4.90 Å². The minimum atomic E-state index is -0.807. The Kier molecular flexibility index (Phi) is 4.95. The number of aliphatic carboxylic acids is 1. The van der Waals surface area contributed by atoms with Gasteiger partial charge in [-0.15, -0.1) is 0 Å². The number of benzene rings is 1. The molecule has 0 saturated carbocycles. The van der Waals surface area contributed by atoms with Crippen LogP contribution in [0.15, 0.2) is 24.3 Å². The molecule has 0 bridgehead atoms. The normalized spacial score (nSPS) is 13.5. The summed E-state index contributed by atoms with van der Waals surface area (Å²) in [5.41, 5.74) is 0.653. The number of nitrogens with zero attached hydrogens (tertiary/aromatic N) is 1. The van der Waals surface area contributed by atoms with Gasteiger partial charge in [0.1, 0.15) is 5.75 Å². The van der Waals surface area contributed by atoms with Crippen LogP contribution in [0.3, 0.4) is 0 Å². The standard InChI is InChI=1S/C15H23NO3/c1-11(12-7-5-6-8-13(12)17)16(15(2,3)4)10-9-14(18)19/h5-8,11,17H,9-10H2,1-4H3,(H,18,19). The summed E-state index contributed by atoms with van der Waals surface area (Å²) in [6.07, 6.45) is 0.0925. The second-order valence-electron chi connectivity index (χ2n) is 5.74. The van der Waals surface area contributed by atoms with Crippen LogP contribution in [0.5, 0.6) is 5.75 Å². The van der Waals surface area contributed by atoms with Gasteiger partial charge in [-0.3, -0.25) is 9.69 Å². The lowest BCUT2D eigenvalue weighted by molar-refractivity contribution is -0.137. The molecule has 1 aromatic rings. The predicted molar refractivity (Wildman–Crippen MR) is 75.2 cm³/mol. The first kappa shape index (κ1) is 15.5. The lowest BCUT2D eigenvalue weighted by Gasteiger charge is -2.40. The number of phenols is 1. The third kappa shape index (κ3) is 4.24. The van der Waals surface area contributed by atoms with Crippen LogP contribution in [-0.2, 0) is 4.79 Å². The fourth-order valence-corrected chi connectivity index (χ4v) is 2.33. The molecule has 4 heteroatoms. The maximum Gasteiger partial charge on any atom is 0.304 e. The lowest BCUT2D eigenvalue weighted by Crippen LogP contribution is -2.44. The number of phenolic OH excluding ortho intramolecular Hbond substituents is 1. The average molecular weight is 265 g/mol. The molecule has 1 atom stereocenters. The largest absolute Gasteiger partial charge is 0.508 e. The first-order chi connectivity index (χ1) is 8.73. The van der Waals surface area contributed by atoms with E-state index in [2.05, 4.69) is 4.90 Å². The van der Waals surface area contributed by atoms with Gasteiger partial charge in [-0.05, 0) is 33.8 Å². The molecule has 106 valence electrons. The molecule has 0 saturated heterocycles. The number of hydrogen-bond donors (Lipinski definition) is 2. The van der Waals surface area contributed by atoms with Crippen LogP contribution in [0.4, 0.5) is 0 Å². The maximum absolute atomic E-state index is 10.8. The molecular weight excluding hydrogens is 242 g/mol. The summed E-state index contributed by atoms with van der Waals surface area (Å²) in [4.78, 5) is 12.9. The second-order valence-corrected chi connectivity index (χ2v) is 5.74. The van der Waals surface area contributed by atoms with Gasteiger partial charge in [0.05, 0.1) is 6.42 Å². The Bertz CT molecular complexity index is 437. The van der Waals surface area contributed by atoms with Gasteiger partial charge in [0.15, 0.2) is 0 Å². The molecule has 0 aliphatic carbocycles. The molecule has 2 N–H and O–H groups in total. The van der Waals surface area contributed by atoms with Crippen LogP contribution in [-0.4, -0.2) is 33.2 Å². The summed E-state index contributed by atoms with van der Waals surface area (Å²) >= 11 is 0. The highest BCUT2D eigenvalue weighted by atomic mass is 16.4. The molecular formula is C15H23NO3. The molecule has 0 aliphatic heterocycles. The first-order valence-corrected chi connectivity index (χ1v) is 6.50. The molecule has 0 amide bonds. The lowest BCUT2D eigenvalue weighted by atomic mass is 9.98. The van der Waals surface area contributed by atoms with Crippen molar-refractivity contribution < 1.29 is 15.0 Å². The zero-order valence-corrected chi connectivity index (χ0v) is 12.1. The Labute approximate surface area is 114 Å². The quantitative estimate of drug-likeness (QED) is 0.859. The first-order valence-electron chi connectivity index (χ1n) is 6.50. The van der Waals surface area contributed by atoms with E-state index in [-0.39, 0.29) is 23.8 Å². The van der Waals surface area contributed by atoms with Gasteiger partial charge in [-0.2, -0.15) is 0 Å². The molecule has 0 aliphatic rings. The third-order valence-electron chi connectivity index (χ3n) is 3.28. The van der Waals surface area contributed by atoms with E-state index in [1.165, 1.54) is 0 Å². The fraction of sp³-hybridized carbons (Fsp3) is 0.533. The van der Waals surface area contributed by atoms with Gasteiger partial charge in [0, 0.05) is 23.7 Å². The summed E-state index contributed by atoms with van der Waals surface area (Å²) in [6, 6.07) is 7.15. The topological polar surface area (TPSA) is 60.8 Å². The molecule has 0 aromatic heterocycles. The monoisotopic (exact) mass is 265 g/mol. The zero-order chi connectivity index (χ0) is 14.6. The molecule has 0 spiro atoms. The minimum absolute atomic E-state index is 0.0412. The highest BCUT2D eigenvalue weighted by Crippen LogP contribution is 2.32. The van der Waals surface area contributed by atoms with Crippen molar-refractivity contribution in [2.75, 3.05) is 6.54 Å². The Hall–Kier alpha value is -1.55. The van der Waals surface area contributed by atoms with E-state index in [1.54, 1.807) is 12.1 Å². The van der Waals surface area contributed by atoms with Crippen LogP contribution in [0, 0.1) is 0 Å². The Morgan fingerprint density at radius 1 is 1.32 bits per heavy atom. The highest BCUT2D eigenvalue weighted by Gasteiger charge is 2.28. The molecule has 4 nitrogen and oxygen atoms in total. The van der Waals surface area contributed by atoms with Gasteiger partial charge >= 0.3 is 5.97 Å². The smallest absolute Gasteiger partial charge is 0.304 e. The molecule has 1 rings (SSSR count). The predicted octanol–water partition coefficient (Wildman–Crippen LogP) is 3.03. The number of para-hydroxylation sites is 1. The van der Waals surface area contributed by atoms with E-state index >= 15 is 0 Å². The van der Waals surface area contributed by atoms with Gasteiger partial charge in [0.25, 0.3) is 0 Å². The maximum atomic E-state index is 10.8. The van der Waals surface area contributed by atoms with E-state index in [4.69, 9.17) is 5.11 Å². The number of carboxylic acids is 1. The highest BCUT2D eigenvalue weighted by molar-refractivity contribution is 5.66. The number of carboxylic acid groups (broad SMARTS) is 1. The van der Waals surface area contributed by atoms with Crippen molar-refractivity contribution >= 4 is 5.97 Å². The van der Waals surface area contributed by atoms with E-state index in [0.717, 1.165) is 5.56 Å². The number of carbonyl (C=O) groups is 1. The summed E-state index contributed by atoms with van der Waals surface area (Å²) in [7, 11) is 0. The van der Waals surface area contributed by atoms with Crippen molar-refractivity contribution in [3.05, 3.63) is 29.8 Å². The van der Waals surface area contributed by atoms with E-state index in [0.29, 0.717) is 6.54 Å². The number of rotatable bonds is 5. The summed E-state index contributed by atoms with van der Waals surface area (Å²) < 4.78 is 0. The van der Waals surface area contributed by atoms with Crippen molar-refractivity contribution in [1.29, 1.82) is 0 Å². The molecule has 19 heavy (non-hydrogen) atoms. The van der Waals surface area contributed by atoms with E-state index in [1.807, 2.05) is 39.8 Å². The second kappa shape index (κ2) is 6.06. The van der Waals surface area contributed by atoms with Crippen LogP contribution in [0.25, 0.3) is 0 Å². The van der Waals surface area contributed by atoms with Crippen molar-refractivity contribution in [3.63, 3.8) is 0 Å². The van der Waals surface area contributed by atoms with E-state index in [9.17, 15) is 9.90 Å².